The first-order chi connectivity index (χ1) is 14.1. The van der Waals surface area contributed by atoms with Crippen molar-refractivity contribution in [1.82, 2.24) is 14.7 Å². The van der Waals surface area contributed by atoms with Gasteiger partial charge in [0.15, 0.2) is 0 Å². The lowest BCUT2D eigenvalue weighted by Gasteiger charge is -2.47. The molecule has 0 bridgehead atoms. The van der Waals surface area contributed by atoms with Crippen molar-refractivity contribution >= 4 is 33.8 Å². The fraction of sp³-hybridized carbons (Fsp3) is 0.304. The molecule has 2 aliphatic rings. The number of amides is 2. The molecule has 2 fully saturated rings. The summed E-state index contributed by atoms with van der Waals surface area (Å²) in [5, 5.41) is 0. The van der Waals surface area contributed by atoms with Crippen LogP contribution in [0, 0.1) is 0 Å². The van der Waals surface area contributed by atoms with E-state index < -0.39 is 0 Å². The van der Waals surface area contributed by atoms with Crippen LogP contribution in [0.4, 0.5) is 0 Å². The van der Waals surface area contributed by atoms with E-state index in [1.54, 1.807) is 6.08 Å². The number of rotatable bonds is 4. The smallest absolute Gasteiger partial charge is 0.253 e. The zero-order valence-corrected chi connectivity index (χ0v) is 17.8. The molecule has 2 aliphatic heterocycles. The predicted molar refractivity (Wildman–Crippen MR) is 117 cm³/mol. The van der Waals surface area contributed by atoms with Gasteiger partial charge in [0.2, 0.25) is 5.91 Å². The average Bonchev–Trinajstić information content (AvgIpc) is 2.73. The third-order valence-corrected chi connectivity index (χ3v) is 6.35. The van der Waals surface area contributed by atoms with Crippen molar-refractivity contribution in [3.8, 4) is 0 Å². The summed E-state index contributed by atoms with van der Waals surface area (Å²) in [6.07, 6.45) is 3.50. The third kappa shape index (κ3) is 4.60. The Hall–Kier alpha value is -2.44. The molecule has 2 aromatic rings. The largest absolute Gasteiger partial charge is 0.336 e. The summed E-state index contributed by atoms with van der Waals surface area (Å²) in [4.78, 5) is 31.1. The Morgan fingerprint density at radius 3 is 2.21 bits per heavy atom. The lowest BCUT2D eigenvalue weighted by atomic mass is 10.1. The number of carbonyl (C=O) groups is 2. The van der Waals surface area contributed by atoms with E-state index in [4.69, 9.17) is 0 Å². The van der Waals surface area contributed by atoms with Crippen molar-refractivity contribution in [3.63, 3.8) is 0 Å². The molecule has 29 heavy (non-hydrogen) atoms. The Balaban J connectivity index is 1.23. The molecule has 2 heterocycles. The number of hydrogen-bond donors (Lipinski definition) is 0. The number of hydrogen-bond acceptors (Lipinski definition) is 3. The molecule has 5 nitrogen and oxygen atoms in total. The van der Waals surface area contributed by atoms with Gasteiger partial charge in [-0.05, 0) is 29.8 Å². The summed E-state index contributed by atoms with van der Waals surface area (Å²) in [6, 6.07) is 17.7. The Kier molecular flexibility index (Phi) is 6.11. The van der Waals surface area contributed by atoms with Crippen LogP contribution >= 0.6 is 15.9 Å². The van der Waals surface area contributed by atoms with Gasteiger partial charge in [0.05, 0.1) is 0 Å². The summed E-state index contributed by atoms with van der Waals surface area (Å²) in [5.74, 6) is 0.155. The molecule has 0 N–H and O–H groups in total. The van der Waals surface area contributed by atoms with Crippen LogP contribution in [-0.4, -0.2) is 71.8 Å². The molecular weight excluding hydrogens is 430 g/mol. The predicted octanol–water partition coefficient (Wildman–Crippen LogP) is 3.13. The van der Waals surface area contributed by atoms with Gasteiger partial charge in [0.25, 0.3) is 5.91 Å². The van der Waals surface area contributed by atoms with Gasteiger partial charge in [-0.2, -0.15) is 0 Å². The number of halogens is 1. The summed E-state index contributed by atoms with van der Waals surface area (Å²) in [5.41, 5.74) is 1.75. The minimum atomic E-state index is 0.0508. The highest BCUT2D eigenvalue weighted by molar-refractivity contribution is 9.10. The molecule has 150 valence electrons. The van der Waals surface area contributed by atoms with Crippen molar-refractivity contribution in [2.75, 3.05) is 39.3 Å². The highest BCUT2D eigenvalue weighted by Gasteiger charge is 2.35. The Labute approximate surface area is 179 Å². The maximum absolute atomic E-state index is 12.6. The second-order valence-electron chi connectivity index (χ2n) is 7.45. The second kappa shape index (κ2) is 8.93. The van der Waals surface area contributed by atoms with Crippen LogP contribution in [0.3, 0.4) is 0 Å². The molecule has 0 atom stereocenters. The van der Waals surface area contributed by atoms with E-state index in [0.717, 1.165) is 54.9 Å². The average molecular weight is 454 g/mol. The Morgan fingerprint density at radius 2 is 1.52 bits per heavy atom. The molecule has 0 spiro atoms. The van der Waals surface area contributed by atoms with Crippen LogP contribution in [-0.2, 0) is 4.79 Å². The molecule has 4 rings (SSSR count). The van der Waals surface area contributed by atoms with E-state index in [9.17, 15) is 9.59 Å². The number of benzene rings is 2. The normalized spacial score (nSPS) is 18.1. The van der Waals surface area contributed by atoms with Crippen molar-refractivity contribution in [1.29, 1.82) is 0 Å². The van der Waals surface area contributed by atoms with Crippen LogP contribution in [0.1, 0.15) is 15.9 Å². The molecule has 2 aromatic carbocycles. The van der Waals surface area contributed by atoms with Crippen molar-refractivity contribution in [2.24, 2.45) is 0 Å². The molecular formula is C23H24BrN3O2. The number of nitrogens with zero attached hydrogens (tertiary/aromatic N) is 3. The van der Waals surface area contributed by atoms with Crippen LogP contribution in [0.2, 0.25) is 0 Å². The zero-order valence-electron chi connectivity index (χ0n) is 16.2. The Bertz CT molecular complexity index is 901. The van der Waals surface area contributed by atoms with Crippen LogP contribution in [0.15, 0.2) is 65.1 Å². The molecule has 2 amide bonds. The van der Waals surface area contributed by atoms with E-state index >= 15 is 0 Å². The molecule has 0 unspecified atom stereocenters. The topological polar surface area (TPSA) is 43.9 Å². The van der Waals surface area contributed by atoms with E-state index in [0.29, 0.717) is 6.04 Å². The van der Waals surface area contributed by atoms with Crippen molar-refractivity contribution in [2.45, 2.75) is 6.04 Å². The van der Waals surface area contributed by atoms with Gasteiger partial charge in [-0.1, -0.05) is 52.3 Å². The second-order valence-corrected chi connectivity index (χ2v) is 8.30. The monoisotopic (exact) mass is 453 g/mol. The first-order valence-corrected chi connectivity index (χ1v) is 10.7. The summed E-state index contributed by atoms with van der Waals surface area (Å²) in [6.45, 7) is 4.70. The van der Waals surface area contributed by atoms with Gasteiger partial charge in [-0.25, -0.2) is 0 Å². The minimum absolute atomic E-state index is 0.0508. The van der Waals surface area contributed by atoms with Gasteiger partial charge in [0.1, 0.15) is 0 Å². The maximum Gasteiger partial charge on any atom is 0.253 e. The summed E-state index contributed by atoms with van der Waals surface area (Å²) >= 11 is 3.50. The highest BCUT2D eigenvalue weighted by atomic mass is 79.9. The van der Waals surface area contributed by atoms with Crippen LogP contribution in [0.5, 0.6) is 0 Å². The van der Waals surface area contributed by atoms with Gasteiger partial charge in [-0.3, -0.25) is 14.5 Å². The minimum Gasteiger partial charge on any atom is -0.336 e. The standard InChI is InChI=1S/C23H24BrN3O2/c24-21-9-5-4-6-18(21)10-11-22(28)27-16-20(17-27)25-12-14-26(15-13-25)23(29)19-7-2-1-3-8-19/h1-11,20H,12-17H2/b11-10+. The lowest BCUT2D eigenvalue weighted by molar-refractivity contribution is -0.133. The van der Waals surface area contributed by atoms with E-state index in [2.05, 4.69) is 20.8 Å². The maximum atomic E-state index is 12.6. The zero-order chi connectivity index (χ0) is 20.2. The van der Waals surface area contributed by atoms with E-state index in [-0.39, 0.29) is 11.8 Å². The third-order valence-electron chi connectivity index (χ3n) is 5.62. The number of carbonyl (C=O) groups excluding carboxylic acids is 2. The van der Waals surface area contributed by atoms with E-state index in [1.165, 1.54) is 0 Å². The highest BCUT2D eigenvalue weighted by Crippen LogP contribution is 2.20. The van der Waals surface area contributed by atoms with Gasteiger partial charge in [-0.15, -0.1) is 0 Å². The van der Waals surface area contributed by atoms with Crippen LogP contribution < -0.4 is 0 Å². The molecule has 0 saturated carbocycles. The molecule has 0 aliphatic carbocycles. The SMILES string of the molecule is O=C(/C=C/c1ccccc1Br)N1CC(N2CCN(C(=O)c3ccccc3)CC2)C1. The van der Waals surface area contributed by atoms with Gasteiger partial charge in [0, 0.05) is 61.4 Å². The molecule has 6 heteroatoms. The fourth-order valence-corrected chi connectivity index (χ4v) is 4.21. The molecule has 0 radical (unpaired) electrons. The summed E-state index contributed by atoms with van der Waals surface area (Å²) in [7, 11) is 0. The first kappa shape index (κ1) is 19.9. The molecule has 2 saturated heterocycles. The van der Waals surface area contributed by atoms with E-state index in [1.807, 2.05) is 70.5 Å². The van der Waals surface area contributed by atoms with Crippen LogP contribution in [0.25, 0.3) is 6.08 Å². The van der Waals surface area contributed by atoms with Gasteiger partial charge >= 0.3 is 0 Å². The lowest BCUT2D eigenvalue weighted by Crippen LogP contribution is -2.64. The number of likely N-dealkylation sites (tertiary alicyclic amines) is 1. The van der Waals surface area contributed by atoms with Gasteiger partial charge < -0.3 is 9.80 Å². The summed E-state index contributed by atoms with van der Waals surface area (Å²) < 4.78 is 0.980. The quantitative estimate of drug-likeness (QED) is 0.667. The number of piperazine rings is 1. The Morgan fingerprint density at radius 1 is 0.862 bits per heavy atom. The molecule has 0 aromatic heterocycles. The first-order valence-electron chi connectivity index (χ1n) is 9.92. The fourth-order valence-electron chi connectivity index (χ4n) is 3.80. The van der Waals surface area contributed by atoms with Crippen molar-refractivity contribution < 1.29 is 9.59 Å². The van der Waals surface area contributed by atoms with Crippen molar-refractivity contribution in [3.05, 3.63) is 76.3 Å².